The lowest BCUT2D eigenvalue weighted by Gasteiger charge is -2.03. The Morgan fingerprint density at radius 3 is 2.58 bits per heavy atom. The molecular formula is C11H10O. The van der Waals surface area contributed by atoms with Crippen LogP contribution in [0.2, 0.25) is 0 Å². The molecule has 0 aliphatic carbocycles. The fourth-order valence-corrected chi connectivity index (χ4v) is 0.908. The molecule has 60 valence electrons. The SMILES string of the molecule is C#C/C=C\C(O)c1ccccc1. The van der Waals surface area contributed by atoms with E-state index in [4.69, 9.17) is 6.42 Å². The average molecular weight is 158 g/mol. The summed E-state index contributed by atoms with van der Waals surface area (Å²) in [6.07, 6.45) is 7.49. The zero-order chi connectivity index (χ0) is 8.81. The second-order valence-corrected chi connectivity index (χ2v) is 2.38. The van der Waals surface area contributed by atoms with E-state index in [0.717, 1.165) is 5.56 Å². The van der Waals surface area contributed by atoms with Gasteiger partial charge in [-0.25, -0.2) is 0 Å². The number of allylic oxidation sites excluding steroid dienone is 1. The van der Waals surface area contributed by atoms with Crippen LogP contribution in [0.25, 0.3) is 0 Å². The van der Waals surface area contributed by atoms with E-state index < -0.39 is 6.10 Å². The summed E-state index contributed by atoms with van der Waals surface area (Å²) in [6, 6.07) is 9.36. The molecule has 0 fully saturated rings. The number of hydrogen-bond donors (Lipinski definition) is 1. The number of hydrogen-bond acceptors (Lipinski definition) is 1. The molecule has 0 spiro atoms. The molecule has 0 radical (unpaired) electrons. The van der Waals surface area contributed by atoms with E-state index in [9.17, 15) is 5.11 Å². The van der Waals surface area contributed by atoms with Gasteiger partial charge in [0.2, 0.25) is 0 Å². The second kappa shape index (κ2) is 4.38. The van der Waals surface area contributed by atoms with E-state index in [1.807, 2.05) is 30.3 Å². The molecule has 1 rings (SSSR count). The predicted octanol–water partition coefficient (Wildman–Crippen LogP) is 1.91. The van der Waals surface area contributed by atoms with E-state index in [2.05, 4.69) is 5.92 Å². The third-order valence-electron chi connectivity index (χ3n) is 1.52. The highest BCUT2D eigenvalue weighted by Crippen LogP contribution is 2.12. The Labute approximate surface area is 72.4 Å². The minimum atomic E-state index is -0.595. The van der Waals surface area contributed by atoms with Gasteiger partial charge < -0.3 is 5.11 Å². The fraction of sp³-hybridized carbons (Fsp3) is 0.0909. The molecule has 1 heteroatoms. The molecule has 0 saturated heterocycles. The van der Waals surface area contributed by atoms with Gasteiger partial charge in [-0.15, -0.1) is 6.42 Å². The van der Waals surface area contributed by atoms with Gasteiger partial charge in [-0.1, -0.05) is 36.3 Å². The van der Waals surface area contributed by atoms with Crippen LogP contribution in [0.15, 0.2) is 42.5 Å². The minimum Gasteiger partial charge on any atom is -0.384 e. The third-order valence-corrected chi connectivity index (χ3v) is 1.52. The molecule has 1 aromatic rings. The Morgan fingerprint density at radius 2 is 2.00 bits per heavy atom. The zero-order valence-corrected chi connectivity index (χ0v) is 6.64. The number of aliphatic hydroxyl groups is 1. The summed E-state index contributed by atoms with van der Waals surface area (Å²) in [6.45, 7) is 0. The van der Waals surface area contributed by atoms with Crippen molar-refractivity contribution in [3.8, 4) is 12.3 Å². The van der Waals surface area contributed by atoms with E-state index >= 15 is 0 Å². The van der Waals surface area contributed by atoms with Crippen LogP contribution >= 0.6 is 0 Å². The van der Waals surface area contributed by atoms with Crippen molar-refractivity contribution in [2.24, 2.45) is 0 Å². The standard InChI is InChI=1S/C11H10O/c1-2-3-9-11(12)10-7-5-4-6-8-10/h1,3-9,11-12H/b9-3-. The Balaban J connectivity index is 2.73. The first kappa shape index (κ1) is 8.58. The quantitative estimate of drug-likeness (QED) is 0.652. The van der Waals surface area contributed by atoms with Gasteiger partial charge in [-0.2, -0.15) is 0 Å². The maximum Gasteiger partial charge on any atom is 0.0980 e. The van der Waals surface area contributed by atoms with Crippen molar-refractivity contribution >= 4 is 0 Å². The largest absolute Gasteiger partial charge is 0.384 e. The van der Waals surface area contributed by atoms with Crippen LogP contribution in [-0.4, -0.2) is 5.11 Å². The molecule has 0 bridgehead atoms. The topological polar surface area (TPSA) is 20.2 Å². The molecule has 0 aromatic heterocycles. The molecule has 0 amide bonds. The molecule has 0 heterocycles. The molecule has 1 atom stereocenters. The first-order chi connectivity index (χ1) is 5.84. The Kier molecular flexibility index (Phi) is 3.13. The van der Waals surface area contributed by atoms with Gasteiger partial charge >= 0.3 is 0 Å². The summed E-state index contributed by atoms with van der Waals surface area (Å²) in [5.41, 5.74) is 0.851. The maximum absolute atomic E-state index is 9.47. The number of benzene rings is 1. The van der Waals surface area contributed by atoms with Crippen LogP contribution in [0.5, 0.6) is 0 Å². The van der Waals surface area contributed by atoms with Crippen molar-refractivity contribution in [2.45, 2.75) is 6.10 Å². The van der Waals surface area contributed by atoms with Crippen molar-refractivity contribution < 1.29 is 5.11 Å². The molecule has 0 aliphatic rings. The molecule has 1 aromatic carbocycles. The lowest BCUT2D eigenvalue weighted by molar-refractivity contribution is 0.229. The van der Waals surface area contributed by atoms with E-state index in [-0.39, 0.29) is 0 Å². The summed E-state index contributed by atoms with van der Waals surface area (Å²) in [7, 11) is 0. The highest BCUT2D eigenvalue weighted by Gasteiger charge is 1.99. The predicted molar refractivity (Wildman–Crippen MR) is 49.4 cm³/mol. The van der Waals surface area contributed by atoms with Crippen molar-refractivity contribution in [2.75, 3.05) is 0 Å². The highest BCUT2D eigenvalue weighted by molar-refractivity contribution is 5.23. The van der Waals surface area contributed by atoms with Crippen LogP contribution in [-0.2, 0) is 0 Å². The average Bonchev–Trinajstić information content (AvgIpc) is 2.15. The lowest BCUT2D eigenvalue weighted by Crippen LogP contribution is -1.91. The van der Waals surface area contributed by atoms with Crippen LogP contribution in [0.4, 0.5) is 0 Å². The Morgan fingerprint density at radius 1 is 1.33 bits per heavy atom. The third kappa shape index (κ3) is 2.26. The molecule has 0 aliphatic heterocycles. The number of terminal acetylenes is 1. The maximum atomic E-state index is 9.47. The van der Waals surface area contributed by atoms with Gasteiger partial charge in [0.1, 0.15) is 0 Å². The van der Waals surface area contributed by atoms with Gasteiger partial charge in [0.25, 0.3) is 0 Å². The van der Waals surface area contributed by atoms with Gasteiger partial charge in [0, 0.05) is 0 Å². The van der Waals surface area contributed by atoms with Crippen LogP contribution < -0.4 is 0 Å². The minimum absolute atomic E-state index is 0.595. The van der Waals surface area contributed by atoms with E-state index in [0.29, 0.717) is 0 Å². The molecule has 1 N–H and O–H groups in total. The first-order valence-electron chi connectivity index (χ1n) is 3.70. The van der Waals surface area contributed by atoms with E-state index in [1.165, 1.54) is 6.08 Å². The van der Waals surface area contributed by atoms with Crippen LogP contribution in [0.1, 0.15) is 11.7 Å². The molecule has 0 saturated carbocycles. The van der Waals surface area contributed by atoms with Gasteiger partial charge in [-0.05, 0) is 17.7 Å². The lowest BCUT2D eigenvalue weighted by atomic mass is 10.1. The van der Waals surface area contributed by atoms with E-state index in [1.54, 1.807) is 6.08 Å². The summed E-state index contributed by atoms with van der Waals surface area (Å²) in [4.78, 5) is 0. The van der Waals surface area contributed by atoms with Crippen molar-refractivity contribution in [1.29, 1.82) is 0 Å². The monoisotopic (exact) mass is 158 g/mol. The zero-order valence-electron chi connectivity index (χ0n) is 6.64. The van der Waals surface area contributed by atoms with Crippen molar-refractivity contribution in [1.82, 2.24) is 0 Å². The van der Waals surface area contributed by atoms with Crippen molar-refractivity contribution in [3.05, 3.63) is 48.0 Å². The van der Waals surface area contributed by atoms with Gasteiger partial charge in [-0.3, -0.25) is 0 Å². The van der Waals surface area contributed by atoms with Crippen LogP contribution in [0.3, 0.4) is 0 Å². The Hall–Kier alpha value is -1.52. The smallest absolute Gasteiger partial charge is 0.0980 e. The Bertz CT molecular complexity index is 293. The normalized spacial score (nSPS) is 12.7. The number of aliphatic hydroxyl groups excluding tert-OH is 1. The molecule has 12 heavy (non-hydrogen) atoms. The molecule has 1 nitrogen and oxygen atoms in total. The first-order valence-corrected chi connectivity index (χ1v) is 3.70. The summed E-state index contributed by atoms with van der Waals surface area (Å²) >= 11 is 0. The van der Waals surface area contributed by atoms with Gasteiger partial charge in [0.05, 0.1) is 6.10 Å². The number of rotatable bonds is 2. The molecular weight excluding hydrogens is 148 g/mol. The fourth-order valence-electron chi connectivity index (χ4n) is 0.908. The second-order valence-electron chi connectivity index (χ2n) is 2.38. The van der Waals surface area contributed by atoms with Gasteiger partial charge in [0.15, 0.2) is 0 Å². The highest BCUT2D eigenvalue weighted by atomic mass is 16.3. The van der Waals surface area contributed by atoms with Crippen molar-refractivity contribution in [3.63, 3.8) is 0 Å². The van der Waals surface area contributed by atoms with Crippen LogP contribution in [0, 0.1) is 12.3 Å². The molecule has 1 unspecified atom stereocenters. The summed E-state index contributed by atoms with van der Waals surface area (Å²) in [5, 5.41) is 9.47. The summed E-state index contributed by atoms with van der Waals surface area (Å²) in [5.74, 6) is 2.33. The summed E-state index contributed by atoms with van der Waals surface area (Å²) < 4.78 is 0.